The summed E-state index contributed by atoms with van der Waals surface area (Å²) in [5, 5.41) is 31.7. The Morgan fingerprint density at radius 2 is 1.66 bits per heavy atom. The molecule has 0 aliphatic carbocycles. The second-order valence-electron chi connectivity index (χ2n) is 7.96. The summed E-state index contributed by atoms with van der Waals surface area (Å²) in [5.41, 5.74) is 5.62. The maximum atomic E-state index is 13.0. The zero-order chi connectivity index (χ0) is 24.6. The minimum atomic E-state index is -1.52. The van der Waals surface area contributed by atoms with Crippen molar-refractivity contribution in [1.82, 2.24) is 15.5 Å². The fourth-order valence-electron chi connectivity index (χ4n) is 3.33. The van der Waals surface area contributed by atoms with Crippen molar-refractivity contribution in [1.29, 1.82) is 0 Å². The van der Waals surface area contributed by atoms with Gasteiger partial charge in [0.15, 0.2) is 0 Å². The molecule has 7 N–H and O–H groups in total. The summed E-state index contributed by atoms with van der Waals surface area (Å²) in [6, 6.07) is -4.97. The molecule has 0 bridgehead atoms. The van der Waals surface area contributed by atoms with Gasteiger partial charge in [-0.1, -0.05) is 13.8 Å². The van der Waals surface area contributed by atoms with E-state index in [0.717, 1.165) is 4.90 Å². The second kappa shape index (κ2) is 12.0. The summed E-state index contributed by atoms with van der Waals surface area (Å²) in [7, 11) is 0. The van der Waals surface area contributed by atoms with Crippen molar-refractivity contribution in [3.63, 3.8) is 0 Å². The Hall–Kier alpha value is -3.22. The van der Waals surface area contributed by atoms with E-state index in [0.29, 0.717) is 6.42 Å². The topological polar surface area (TPSA) is 216 Å². The molecule has 0 saturated carbocycles. The fraction of sp³-hybridized carbons (Fsp3) is 0.684. The Bertz CT molecular complexity index is 755. The number of carboxylic acid groups (broad SMARTS) is 3. The molecule has 1 fully saturated rings. The molecular weight excluding hydrogens is 428 g/mol. The van der Waals surface area contributed by atoms with Crippen LogP contribution in [0, 0.1) is 5.92 Å². The van der Waals surface area contributed by atoms with Gasteiger partial charge in [-0.3, -0.25) is 24.0 Å². The van der Waals surface area contributed by atoms with Crippen LogP contribution in [0.25, 0.3) is 0 Å². The van der Waals surface area contributed by atoms with Crippen molar-refractivity contribution >= 4 is 35.6 Å². The average Bonchev–Trinajstić information content (AvgIpc) is 3.17. The third-order valence-electron chi connectivity index (χ3n) is 5.07. The number of carbonyl (C=O) groups is 6. The summed E-state index contributed by atoms with van der Waals surface area (Å²) in [6.07, 6.45) is -0.704. The van der Waals surface area contributed by atoms with E-state index in [1.54, 1.807) is 13.8 Å². The molecule has 0 aromatic carbocycles. The first-order valence-corrected chi connectivity index (χ1v) is 10.2. The van der Waals surface area contributed by atoms with Crippen molar-refractivity contribution in [2.75, 3.05) is 6.54 Å². The van der Waals surface area contributed by atoms with Crippen LogP contribution in [0.1, 0.15) is 46.0 Å². The van der Waals surface area contributed by atoms with Crippen LogP contribution in [0.4, 0.5) is 0 Å². The summed E-state index contributed by atoms with van der Waals surface area (Å²) in [5.74, 6) is -6.58. The van der Waals surface area contributed by atoms with E-state index in [9.17, 15) is 33.9 Å². The molecule has 13 heteroatoms. The highest BCUT2D eigenvalue weighted by molar-refractivity contribution is 5.96. The van der Waals surface area contributed by atoms with Crippen LogP contribution in [-0.2, 0) is 28.8 Å². The number of nitrogens with two attached hydrogens (primary N) is 1. The van der Waals surface area contributed by atoms with Crippen LogP contribution in [0.5, 0.6) is 0 Å². The van der Waals surface area contributed by atoms with E-state index in [-0.39, 0.29) is 25.8 Å². The van der Waals surface area contributed by atoms with Crippen LogP contribution in [-0.4, -0.2) is 86.6 Å². The SMILES string of the molecule is CC(C)C(NC(=O)C1CCCN1C(=O)C(CC(=O)O)NC(=O)C(N)CCC(=O)O)C(=O)O. The first-order valence-electron chi connectivity index (χ1n) is 10.2. The molecule has 0 aromatic rings. The van der Waals surface area contributed by atoms with Gasteiger partial charge in [-0.25, -0.2) is 4.79 Å². The molecule has 180 valence electrons. The third kappa shape index (κ3) is 7.80. The number of amides is 3. The highest BCUT2D eigenvalue weighted by atomic mass is 16.4. The van der Waals surface area contributed by atoms with E-state index in [2.05, 4.69) is 10.6 Å². The third-order valence-corrected chi connectivity index (χ3v) is 5.07. The molecule has 0 aromatic heterocycles. The molecule has 1 rings (SSSR count). The molecule has 4 unspecified atom stereocenters. The van der Waals surface area contributed by atoms with Gasteiger partial charge >= 0.3 is 17.9 Å². The molecule has 32 heavy (non-hydrogen) atoms. The minimum Gasteiger partial charge on any atom is -0.481 e. The van der Waals surface area contributed by atoms with Crippen molar-refractivity contribution in [3.05, 3.63) is 0 Å². The lowest BCUT2D eigenvalue weighted by atomic mass is 10.0. The minimum absolute atomic E-state index is 0.118. The second-order valence-corrected chi connectivity index (χ2v) is 7.96. The van der Waals surface area contributed by atoms with Crippen molar-refractivity contribution in [2.24, 2.45) is 11.7 Å². The number of hydrogen-bond donors (Lipinski definition) is 6. The molecule has 0 spiro atoms. The maximum Gasteiger partial charge on any atom is 0.326 e. The smallest absolute Gasteiger partial charge is 0.326 e. The number of likely N-dealkylation sites (tertiary alicyclic amines) is 1. The van der Waals surface area contributed by atoms with Crippen LogP contribution in [0.15, 0.2) is 0 Å². The van der Waals surface area contributed by atoms with Gasteiger partial charge in [-0.05, 0) is 25.2 Å². The van der Waals surface area contributed by atoms with E-state index in [1.165, 1.54) is 0 Å². The number of nitrogens with one attached hydrogen (secondary N) is 2. The number of rotatable bonds is 12. The predicted octanol–water partition coefficient (Wildman–Crippen LogP) is -1.65. The molecule has 0 radical (unpaired) electrons. The number of carboxylic acids is 3. The fourth-order valence-corrected chi connectivity index (χ4v) is 3.33. The first kappa shape index (κ1) is 26.8. The normalized spacial score (nSPS) is 18.5. The molecule has 3 amide bonds. The molecule has 1 heterocycles. The standard InChI is InChI=1S/C19H30N4O9/c1-9(2)15(19(31)32)22-17(29)12-4-3-7-23(12)18(30)11(8-14(26)27)21-16(28)10(20)5-6-13(24)25/h9-12,15H,3-8,20H2,1-2H3,(H,21,28)(H,22,29)(H,24,25)(H,26,27)(H,31,32). The summed E-state index contributed by atoms with van der Waals surface area (Å²) in [6.45, 7) is 3.35. The van der Waals surface area contributed by atoms with Gasteiger partial charge in [0, 0.05) is 13.0 Å². The summed E-state index contributed by atoms with van der Waals surface area (Å²) in [4.78, 5) is 72.2. The van der Waals surface area contributed by atoms with E-state index >= 15 is 0 Å². The van der Waals surface area contributed by atoms with Crippen LogP contribution in [0.2, 0.25) is 0 Å². The molecule has 13 nitrogen and oxygen atoms in total. The van der Waals surface area contributed by atoms with E-state index in [4.69, 9.17) is 15.9 Å². The summed E-state index contributed by atoms with van der Waals surface area (Å²) >= 11 is 0. The van der Waals surface area contributed by atoms with Crippen molar-refractivity contribution in [3.8, 4) is 0 Å². The highest BCUT2D eigenvalue weighted by Crippen LogP contribution is 2.20. The van der Waals surface area contributed by atoms with Crippen LogP contribution < -0.4 is 16.4 Å². The molecular formula is C19H30N4O9. The lowest BCUT2D eigenvalue weighted by molar-refractivity contribution is -0.147. The largest absolute Gasteiger partial charge is 0.481 e. The predicted molar refractivity (Wildman–Crippen MR) is 108 cm³/mol. The molecule has 1 saturated heterocycles. The van der Waals surface area contributed by atoms with Crippen molar-refractivity contribution in [2.45, 2.75) is 70.1 Å². The van der Waals surface area contributed by atoms with Gasteiger partial charge in [0.25, 0.3) is 0 Å². The Labute approximate surface area is 184 Å². The number of carbonyl (C=O) groups excluding carboxylic acids is 3. The van der Waals surface area contributed by atoms with Gasteiger partial charge in [0.05, 0.1) is 12.5 Å². The number of aliphatic carboxylic acids is 3. The average molecular weight is 458 g/mol. The van der Waals surface area contributed by atoms with Crippen LogP contribution >= 0.6 is 0 Å². The zero-order valence-electron chi connectivity index (χ0n) is 17.9. The highest BCUT2D eigenvalue weighted by Gasteiger charge is 2.40. The Morgan fingerprint density at radius 3 is 2.16 bits per heavy atom. The van der Waals surface area contributed by atoms with Gasteiger partial charge in [-0.2, -0.15) is 0 Å². The van der Waals surface area contributed by atoms with Gasteiger partial charge in [-0.15, -0.1) is 0 Å². The molecule has 1 aliphatic rings. The lowest BCUT2D eigenvalue weighted by Crippen LogP contribution is -2.57. The Balaban J connectivity index is 2.94. The molecule has 1 aliphatic heterocycles. The van der Waals surface area contributed by atoms with E-state index in [1.807, 2.05) is 0 Å². The zero-order valence-corrected chi connectivity index (χ0v) is 17.9. The number of nitrogens with zero attached hydrogens (tertiary/aromatic N) is 1. The Morgan fingerprint density at radius 1 is 1.03 bits per heavy atom. The number of hydrogen-bond acceptors (Lipinski definition) is 7. The van der Waals surface area contributed by atoms with Crippen LogP contribution in [0.3, 0.4) is 0 Å². The first-order chi connectivity index (χ1) is 14.8. The Kier molecular flexibility index (Phi) is 10.0. The summed E-state index contributed by atoms with van der Waals surface area (Å²) < 4.78 is 0. The van der Waals surface area contributed by atoms with Gasteiger partial charge in [0.1, 0.15) is 18.1 Å². The van der Waals surface area contributed by atoms with Crippen molar-refractivity contribution < 1.29 is 44.1 Å². The van der Waals surface area contributed by atoms with E-state index < -0.39 is 72.1 Å². The lowest BCUT2D eigenvalue weighted by Gasteiger charge is -2.30. The maximum absolute atomic E-state index is 13.0. The quantitative estimate of drug-likeness (QED) is 0.196. The monoisotopic (exact) mass is 458 g/mol. The van der Waals surface area contributed by atoms with Gasteiger partial charge in [0.2, 0.25) is 17.7 Å². The molecule has 4 atom stereocenters. The van der Waals surface area contributed by atoms with Gasteiger partial charge < -0.3 is 36.6 Å².